The zero-order valence-electron chi connectivity index (χ0n) is 18.9. The second-order valence-electron chi connectivity index (χ2n) is 8.77. The summed E-state index contributed by atoms with van der Waals surface area (Å²) in [4.78, 5) is 38.2. The van der Waals surface area contributed by atoms with E-state index in [9.17, 15) is 14.4 Å². The van der Waals surface area contributed by atoms with Gasteiger partial charge in [0, 0.05) is 42.7 Å². The Kier molecular flexibility index (Phi) is 6.80. The number of carbonyl (C=O) groups excluding carboxylic acids is 3. The van der Waals surface area contributed by atoms with Crippen molar-refractivity contribution in [2.45, 2.75) is 44.4 Å². The van der Waals surface area contributed by atoms with Crippen molar-refractivity contribution in [3.05, 3.63) is 80.2 Å². The van der Waals surface area contributed by atoms with E-state index in [1.165, 1.54) is 0 Å². The van der Waals surface area contributed by atoms with Crippen LogP contribution in [-0.2, 0) is 19.1 Å². The lowest BCUT2D eigenvalue weighted by Crippen LogP contribution is -2.30. The molecule has 180 valence electrons. The molecule has 0 spiro atoms. The van der Waals surface area contributed by atoms with E-state index >= 15 is 0 Å². The molecule has 2 aromatic carbocycles. The molecule has 2 aliphatic carbocycles. The fourth-order valence-electron chi connectivity index (χ4n) is 4.86. The summed E-state index contributed by atoms with van der Waals surface area (Å²) in [6, 6.07) is 12.4. The molecule has 8 heteroatoms. The fraction of sp³-hybridized carbons (Fsp3) is 0.296. The van der Waals surface area contributed by atoms with E-state index in [2.05, 4.69) is 21.2 Å². The number of ketones is 2. The van der Waals surface area contributed by atoms with Crippen LogP contribution in [0.1, 0.15) is 50.0 Å². The van der Waals surface area contributed by atoms with Gasteiger partial charge in [0.15, 0.2) is 18.2 Å². The lowest BCUT2D eigenvalue weighted by Gasteiger charge is -2.36. The van der Waals surface area contributed by atoms with Crippen LogP contribution in [-0.4, -0.2) is 24.1 Å². The third-order valence-corrected chi connectivity index (χ3v) is 7.39. The molecule has 3 aliphatic rings. The molecule has 2 aromatic rings. The van der Waals surface area contributed by atoms with Gasteiger partial charge in [-0.25, -0.2) is 0 Å². The number of hydrogen-bond acceptors (Lipinski definition) is 5. The van der Waals surface area contributed by atoms with Crippen LogP contribution < -0.4 is 10.1 Å². The minimum atomic E-state index is -0.441. The molecule has 0 unspecified atom stereocenters. The molecule has 1 N–H and O–H groups in total. The molecule has 0 bridgehead atoms. The molecule has 0 atom stereocenters. The molecule has 0 aromatic heterocycles. The van der Waals surface area contributed by atoms with Gasteiger partial charge in [0.05, 0.1) is 15.2 Å². The van der Waals surface area contributed by atoms with E-state index in [-0.39, 0.29) is 24.1 Å². The number of anilines is 1. The van der Waals surface area contributed by atoms with E-state index in [1.807, 2.05) is 12.1 Å². The molecule has 1 amide bonds. The Bertz CT molecular complexity index is 1260. The number of amides is 1. The minimum absolute atomic E-state index is 0.0360. The highest BCUT2D eigenvalue weighted by Crippen LogP contribution is 2.48. The SMILES string of the molecule is O=C(COc1ccc(C2C3=C(CCCC3=O)OC3=C2C(=O)CCC3)cc1Br)Nc1ccccc1Cl. The second kappa shape index (κ2) is 9.99. The third-order valence-electron chi connectivity index (χ3n) is 6.44. The maximum Gasteiger partial charge on any atom is 0.262 e. The predicted molar refractivity (Wildman–Crippen MR) is 135 cm³/mol. The molecular formula is C27H23BrClNO5. The van der Waals surface area contributed by atoms with Gasteiger partial charge in [-0.05, 0) is 58.6 Å². The average molecular weight is 557 g/mol. The van der Waals surface area contributed by atoms with Crippen molar-refractivity contribution in [1.82, 2.24) is 0 Å². The Hall–Kier alpha value is -2.90. The highest BCUT2D eigenvalue weighted by molar-refractivity contribution is 9.10. The van der Waals surface area contributed by atoms with Crippen molar-refractivity contribution in [3.63, 3.8) is 0 Å². The molecule has 5 rings (SSSR count). The van der Waals surface area contributed by atoms with Gasteiger partial charge in [0.2, 0.25) is 0 Å². The summed E-state index contributed by atoms with van der Waals surface area (Å²) in [5.41, 5.74) is 2.53. The summed E-state index contributed by atoms with van der Waals surface area (Å²) in [5.74, 6) is 1.16. The smallest absolute Gasteiger partial charge is 0.262 e. The van der Waals surface area contributed by atoms with Crippen LogP contribution in [0.3, 0.4) is 0 Å². The standard InChI is InChI=1S/C27H23BrClNO5/c28-16-13-15(11-12-21(16)34-14-24(33)30-18-6-2-1-5-17(18)29)25-26-19(31)7-3-9-22(26)35-23-10-4-8-20(32)27(23)25/h1-2,5-6,11-13,25H,3-4,7-10,14H2,(H,30,33). The quantitative estimate of drug-likeness (QED) is 0.471. The Morgan fingerprint density at radius 2 is 1.66 bits per heavy atom. The summed E-state index contributed by atoms with van der Waals surface area (Å²) < 4.78 is 12.4. The van der Waals surface area contributed by atoms with Crippen LogP contribution in [0.25, 0.3) is 0 Å². The van der Waals surface area contributed by atoms with Crippen molar-refractivity contribution in [2.24, 2.45) is 0 Å². The highest BCUT2D eigenvalue weighted by Gasteiger charge is 2.41. The van der Waals surface area contributed by atoms with Gasteiger partial charge in [-0.1, -0.05) is 29.8 Å². The lowest BCUT2D eigenvalue weighted by atomic mass is 9.73. The lowest BCUT2D eigenvalue weighted by molar-refractivity contribution is -0.119. The van der Waals surface area contributed by atoms with Crippen LogP contribution in [0.2, 0.25) is 5.02 Å². The van der Waals surface area contributed by atoms with Gasteiger partial charge < -0.3 is 14.8 Å². The van der Waals surface area contributed by atoms with Crippen LogP contribution in [0.4, 0.5) is 5.69 Å². The molecule has 6 nitrogen and oxygen atoms in total. The number of halogens is 2. The van der Waals surface area contributed by atoms with Crippen molar-refractivity contribution < 1.29 is 23.9 Å². The van der Waals surface area contributed by atoms with Crippen LogP contribution in [0.15, 0.2) is 69.6 Å². The molecule has 0 saturated heterocycles. The van der Waals surface area contributed by atoms with Gasteiger partial charge in [-0.3, -0.25) is 14.4 Å². The van der Waals surface area contributed by atoms with Gasteiger partial charge >= 0.3 is 0 Å². The maximum absolute atomic E-state index is 12.9. The molecule has 1 aliphatic heterocycles. The first-order valence-corrected chi connectivity index (χ1v) is 12.8. The zero-order valence-corrected chi connectivity index (χ0v) is 21.2. The fourth-order valence-corrected chi connectivity index (χ4v) is 5.55. The largest absolute Gasteiger partial charge is 0.483 e. The summed E-state index contributed by atoms with van der Waals surface area (Å²) in [7, 11) is 0. The number of carbonyl (C=O) groups is 3. The van der Waals surface area contributed by atoms with Crippen LogP contribution >= 0.6 is 27.5 Å². The first kappa shape index (κ1) is 23.8. The van der Waals surface area contributed by atoms with Crippen molar-refractivity contribution in [3.8, 4) is 5.75 Å². The number of nitrogens with one attached hydrogen (secondary N) is 1. The highest BCUT2D eigenvalue weighted by atomic mass is 79.9. The average Bonchev–Trinajstić information content (AvgIpc) is 2.84. The van der Waals surface area contributed by atoms with Gasteiger partial charge in [-0.2, -0.15) is 0 Å². The normalized spacial score (nSPS) is 18.1. The van der Waals surface area contributed by atoms with Gasteiger partial charge in [0.1, 0.15) is 17.3 Å². The topological polar surface area (TPSA) is 81.7 Å². The number of rotatable bonds is 5. The first-order chi connectivity index (χ1) is 16.9. The van der Waals surface area contributed by atoms with E-state index in [1.54, 1.807) is 30.3 Å². The Morgan fingerprint density at radius 1 is 1.00 bits per heavy atom. The Labute approximate surface area is 216 Å². The minimum Gasteiger partial charge on any atom is -0.483 e. The Morgan fingerprint density at radius 3 is 2.29 bits per heavy atom. The number of benzene rings is 2. The molecular weight excluding hydrogens is 534 g/mol. The molecule has 0 radical (unpaired) electrons. The third kappa shape index (κ3) is 4.80. The predicted octanol–water partition coefficient (Wildman–Crippen LogP) is 6.25. The summed E-state index contributed by atoms with van der Waals surface area (Å²) in [6.07, 6.45) is 3.83. The molecule has 1 heterocycles. The van der Waals surface area contributed by atoms with E-state index in [4.69, 9.17) is 21.1 Å². The van der Waals surface area contributed by atoms with Gasteiger partial charge in [-0.15, -0.1) is 0 Å². The van der Waals surface area contributed by atoms with Crippen molar-refractivity contribution >= 4 is 50.7 Å². The van der Waals surface area contributed by atoms with E-state index < -0.39 is 5.92 Å². The molecule has 0 saturated carbocycles. The van der Waals surface area contributed by atoms with Gasteiger partial charge in [0.25, 0.3) is 5.91 Å². The van der Waals surface area contributed by atoms with E-state index in [0.717, 1.165) is 18.4 Å². The second-order valence-corrected chi connectivity index (χ2v) is 10.0. The van der Waals surface area contributed by atoms with Crippen LogP contribution in [0.5, 0.6) is 5.75 Å². The molecule has 0 fully saturated rings. The number of allylic oxidation sites excluding steroid dienone is 4. The maximum atomic E-state index is 12.9. The number of para-hydroxylation sites is 1. The van der Waals surface area contributed by atoms with Crippen molar-refractivity contribution in [1.29, 1.82) is 0 Å². The summed E-state index contributed by atoms with van der Waals surface area (Å²) in [6.45, 7) is -0.206. The van der Waals surface area contributed by atoms with Crippen LogP contribution in [0, 0.1) is 0 Å². The summed E-state index contributed by atoms with van der Waals surface area (Å²) >= 11 is 9.63. The molecule has 35 heavy (non-hydrogen) atoms. The van der Waals surface area contributed by atoms with E-state index in [0.29, 0.717) is 69.3 Å². The summed E-state index contributed by atoms with van der Waals surface area (Å²) in [5, 5.41) is 3.17. The van der Waals surface area contributed by atoms with Crippen molar-refractivity contribution in [2.75, 3.05) is 11.9 Å². The first-order valence-electron chi connectivity index (χ1n) is 11.6. The number of Topliss-reactive ketones (excluding diaryl/α,β-unsaturated/α-hetero) is 2. The zero-order chi connectivity index (χ0) is 24.5. The number of ether oxygens (including phenoxy) is 2. The monoisotopic (exact) mass is 555 g/mol. The number of hydrogen-bond donors (Lipinski definition) is 1. The Balaban J connectivity index is 1.39.